The van der Waals surface area contributed by atoms with Crippen LogP contribution in [0.3, 0.4) is 0 Å². The summed E-state index contributed by atoms with van der Waals surface area (Å²) in [6, 6.07) is 10.8. The Hall–Kier alpha value is -1.57. The van der Waals surface area contributed by atoms with E-state index in [1.807, 2.05) is 23.1 Å². The Balaban J connectivity index is 1.28. The highest BCUT2D eigenvalue weighted by Crippen LogP contribution is 2.32. The van der Waals surface area contributed by atoms with Gasteiger partial charge in [-0.05, 0) is 50.9 Å². The van der Waals surface area contributed by atoms with E-state index in [0.29, 0.717) is 11.8 Å². The first-order chi connectivity index (χ1) is 14.3. The molecule has 0 unspecified atom stereocenters. The summed E-state index contributed by atoms with van der Waals surface area (Å²) >= 11 is 3.09. The maximum Gasteiger partial charge on any atom is 0.232 e. The molecule has 2 aliphatic rings. The smallest absolute Gasteiger partial charge is 0.232 e. The van der Waals surface area contributed by atoms with Crippen molar-refractivity contribution in [1.82, 2.24) is 19.8 Å². The van der Waals surface area contributed by atoms with Crippen molar-refractivity contribution in [2.24, 2.45) is 0 Å². The third kappa shape index (κ3) is 5.74. The summed E-state index contributed by atoms with van der Waals surface area (Å²) in [5.41, 5.74) is 0. The van der Waals surface area contributed by atoms with Crippen LogP contribution in [0.15, 0.2) is 57.7 Å². The Morgan fingerprint density at radius 2 is 1.62 bits per heavy atom. The van der Waals surface area contributed by atoms with E-state index in [4.69, 9.17) is 0 Å². The minimum atomic E-state index is 0.216. The number of carbonyl (C=O) groups excluding carboxylic acids is 1. The van der Waals surface area contributed by atoms with E-state index in [1.165, 1.54) is 44.1 Å². The standard InChI is InChI=1S/C22H28N4OS2/c27-20(26-15-9-18(10-16-26)25-13-5-2-6-14-25)17-28-21-22(24-12-11-23-21)29-19-7-3-1-4-8-19/h1,3-4,7-8,11-12,18H,2,5-6,9-10,13-17H2. The summed E-state index contributed by atoms with van der Waals surface area (Å²) in [4.78, 5) is 27.5. The highest BCUT2D eigenvalue weighted by Gasteiger charge is 2.27. The third-order valence-electron chi connectivity index (χ3n) is 5.65. The molecule has 0 radical (unpaired) electrons. The first kappa shape index (κ1) is 20.7. The summed E-state index contributed by atoms with van der Waals surface area (Å²) in [6.45, 7) is 4.24. The van der Waals surface area contributed by atoms with E-state index in [1.54, 1.807) is 24.2 Å². The van der Waals surface area contributed by atoms with Crippen molar-refractivity contribution in [3.05, 3.63) is 42.7 Å². The molecule has 1 aromatic heterocycles. The normalized spacial score (nSPS) is 18.7. The van der Waals surface area contributed by atoms with Crippen LogP contribution in [0.4, 0.5) is 0 Å². The first-order valence-corrected chi connectivity index (χ1v) is 12.3. The number of carbonyl (C=O) groups is 1. The number of amides is 1. The van der Waals surface area contributed by atoms with Crippen LogP contribution in [-0.4, -0.2) is 63.6 Å². The van der Waals surface area contributed by atoms with Gasteiger partial charge in [-0.15, -0.1) is 0 Å². The van der Waals surface area contributed by atoms with Gasteiger partial charge < -0.3 is 9.80 Å². The zero-order valence-electron chi connectivity index (χ0n) is 16.7. The van der Waals surface area contributed by atoms with Gasteiger partial charge in [0, 0.05) is 36.4 Å². The molecular weight excluding hydrogens is 400 g/mol. The number of nitrogens with zero attached hydrogens (tertiary/aromatic N) is 4. The monoisotopic (exact) mass is 428 g/mol. The summed E-state index contributed by atoms with van der Waals surface area (Å²) in [5.74, 6) is 0.642. The average molecular weight is 429 g/mol. The van der Waals surface area contributed by atoms with Crippen LogP contribution < -0.4 is 0 Å². The zero-order valence-corrected chi connectivity index (χ0v) is 18.3. The van der Waals surface area contributed by atoms with Crippen LogP contribution >= 0.6 is 23.5 Å². The van der Waals surface area contributed by atoms with Gasteiger partial charge >= 0.3 is 0 Å². The van der Waals surface area contributed by atoms with Crippen LogP contribution in [0.5, 0.6) is 0 Å². The predicted molar refractivity (Wildman–Crippen MR) is 118 cm³/mol. The maximum atomic E-state index is 12.8. The molecule has 0 atom stereocenters. The molecule has 0 spiro atoms. The fourth-order valence-electron chi connectivity index (χ4n) is 4.07. The largest absolute Gasteiger partial charge is 0.342 e. The fourth-order valence-corrected chi connectivity index (χ4v) is 5.89. The molecule has 5 nitrogen and oxygen atoms in total. The summed E-state index contributed by atoms with van der Waals surface area (Å²) in [6.07, 6.45) is 9.66. The minimum absolute atomic E-state index is 0.216. The molecule has 4 rings (SSSR count). The van der Waals surface area contributed by atoms with Crippen LogP contribution in [0.25, 0.3) is 0 Å². The number of aromatic nitrogens is 2. The molecule has 0 aliphatic carbocycles. The number of hydrogen-bond donors (Lipinski definition) is 0. The van der Waals surface area contributed by atoms with Crippen LogP contribution in [0.2, 0.25) is 0 Å². The van der Waals surface area contributed by atoms with Crippen molar-refractivity contribution in [2.45, 2.75) is 53.1 Å². The first-order valence-electron chi connectivity index (χ1n) is 10.5. The lowest BCUT2D eigenvalue weighted by Gasteiger charge is -2.40. The summed E-state index contributed by atoms with van der Waals surface area (Å²) in [7, 11) is 0. The third-order valence-corrected chi connectivity index (χ3v) is 7.74. The van der Waals surface area contributed by atoms with Crippen LogP contribution in [0.1, 0.15) is 32.1 Å². The van der Waals surface area contributed by atoms with E-state index in [2.05, 4.69) is 27.0 Å². The molecule has 2 saturated heterocycles. The van der Waals surface area contributed by atoms with Gasteiger partial charge in [-0.3, -0.25) is 4.79 Å². The molecule has 154 valence electrons. The molecule has 0 bridgehead atoms. The van der Waals surface area contributed by atoms with E-state index < -0.39 is 0 Å². The lowest BCUT2D eigenvalue weighted by Crippen LogP contribution is -2.48. The van der Waals surface area contributed by atoms with Crippen molar-refractivity contribution in [2.75, 3.05) is 31.9 Å². The second kappa shape index (κ2) is 10.5. The zero-order chi connectivity index (χ0) is 19.9. The molecule has 1 aromatic carbocycles. The van der Waals surface area contributed by atoms with Crippen molar-refractivity contribution in [3.63, 3.8) is 0 Å². The van der Waals surface area contributed by atoms with Gasteiger partial charge in [0.1, 0.15) is 10.1 Å². The maximum absolute atomic E-state index is 12.8. The SMILES string of the molecule is O=C(CSc1nccnc1Sc1ccccc1)N1CCC(N2CCCCC2)CC1. The van der Waals surface area contributed by atoms with E-state index in [0.717, 1.165) is 40.9 Å². The number of rotatable bonds is 6. The van der Waals surface area contributed by atoms with E-state index in [-0.39, 0.29) is 5.91 Å². The number of piperidine rings is 2. The van der Waals surface area contributed by atoms with Crippen molar-refractivity contribution < 1.29 is 4.79 Å². The number of hydrogen-bond acceptors (Lipinski definition) is 6. The highest BCUT2D eigenvalue weighted by molar-refractivity contribution is 8.02. The molecule has 2 fully saturated rings. The number of likely N-dealkylation sites (tertiary alicyclic amines) is 2. The van der Waals surface area contributed by atoms with Crippen molar-refractivity contribution in [3.8, 4) is 0 Å². The molecule has 0 saturated carbocycles. The molecular formula is C22H28N4OS2. The number of benzene rings is 1. The molecule has 0 N–H and O–H groups in total. The molecule has 29 heavy (non-hydrogen) atoms. The molecule has 3 heterocycles. The van der Waals surface area contributed by atoms with Gasteiger partial charge in [-0.1, -0.05) is 48.1 Å². The Morgan fingerprint density at radius 3 is 2.34 bits per heavy atom. The molecule has 1 amide bonds. The molecule has 7 heteroatoms. The summed E-state index contributed by atoms with van der Waals surface area (Å²) in [5, 5.41) is 1.69. The second-order valence-corrected chi connectivity index (χ2v) is 9.61. The topological polar surface area (TPSA) is 49.3 Å². The fraction of sp³-hybridized carbons (Fsp3) is 0.500. The lowest BCUT2D eigenvalue weighted by molar-refractivity contribution is -0.129. The van der Waals surface area contributed by atoms with Gasteiger partial charge in [-0.2, -0.15) is 0 Å². The molecule has 2 aromatic rings. The highest BCUT2D eigenvalue weighted by atomic mass is 32.2. The van der Waals surface area contributed by atoms with E-state index in [9.17, 15) is 4.79 Å². The van der Waals surface area contributed by atoms with Crippen LogP contribution in [0, 0.1) is 0 Å². The molecule has 2 aliphatic heterocycles. The summed E-state index contributed by atoms with van der Waals surface area (Å²) < 4.78 is 0. The number of thioether (sulfide) groups is 1. The Bertz CT molecular complexity index is 790. The lowest BCUT2D eigenvalue weighted by atomic mass is 10.00. The Morgan fingerprint density at radius 1 is 0.931 bits per heavy atom. The van der Waals surface area contributed by atoms with Gasteiger partial charge in [0.25, 0.3) is 0 Å². The van der Waals surface area contributed by atoms with Gasteiger partial charge in [-0.25, -0.2) is 9.97 Å². The predicted octanol–water partition coefficient (Wildman–Crippen LogP) is 4.20. The van der Waals surface area contributed by atoms with Gasteiger partial charge in [0.05, 0.1) is 5.75 Å². The van der Waals surface area contributed by atoms with Crippen molar-refractivity contribution >= 4 is 29.4 Å². The van der Waals surface area contributed by atoms with Crippen molar-refractivity contribution in [1.29, 1.82) is 0 Å². The van der Waals surface area contributed by atoms with E-state index >= 15 is 0 Å². The van der Waals surface area contributed by atoms with Crippen LogP contribution in [-0.2, 0) is 4.79 Å². The van der Waals surface area contributed by atoms with Gasteiger partial charge in [0.15, 0.2) is 0 Å². The average Bonchev–Trinajstić information content (AvgIpc) is 2.80. The second-order valence-electron chi connectivity index (χ2n) is 7.58. The van der Waals surface area contributed by atoms with Gasteiger partial charge in [0.2, 0.25) is 5.91 Å². The minimum Gasteiger partial charge on any atom is -0.342 e. The Kier molecular flexibility index (Phi) is 7.46. The quantitative estimate of drug-likeness (QED) is 0.643. The Labute approximate surface area is 181 Å².